The van der Waals surface area contributed by atoms with Gasteiger partial charge in [-0.05, 0) is 36.4 Å². The summed E-state index contributed by atoms with van der Waals surface area (Å²) in [6.45, 7) is 0.401. The van der Waals surface area contributed by atoms with Crippen LogP contribution >= 0.6 is 0 Å². The Balaban J connectivity index is 1.77. The number of benzene rings is 2. The molecule has 0 radical (unpaired) electrons. The fourth-order valence-electron chi connectivity index (χ4n) is 3.03. The third-order valence-corrected chi connectivity index (χ3v) is 4.22. The summed E-state index contributed by atoms with van der Waals surface area (Å²) in [7, 11) is 0. The van der Waals surface area contributed by atoms with Crippen molar-refractivity contribution >= 4 is 22.1 Å². The van der Waals surface area contributed by atoms with Crippen LogP contribution in [0.2, 0.25) is 0 Å². The number of nitrogens with zero attached hydrogens (tertiary/aromatic N) is 4. The minimum atomic E-state index is 0.201. The van der Waals surface area contributed by atoms with E-state index in [4.69, 9.17) is 19.6 Å². The second-order valence-corrected chi connectivity index (χ2v) is 5.96. The number of para-hydroxylation sites is 4. The molecule has 5 rings (SSSR count). The molecule has 0 saturated heterocycles. The van der Waals surface area contributed by atoms with Gasteiger partial charge in [0.25, 0.3) is 0 Å². The van der Waals surface area contributed by atoms with Crippen LogP contribution < -0.4 is 9.68 Å². The number of rotatable bonds is 0. The minimum Gasteiger partial charge on any atom is -0.399 e. The average molecular weight is 366 g/mol. The largest absolute Gasteiger partial charge is 0.399 e. The van der Waals surface area contributed by atoms with Crippen molar-refractivity contribution < 1.29 is 9.68 Å². The summed E-state index contributed by atoms with van der Waals surface area (Å²) >= 11 is 0. The van der Waals surface area contributed by atoms with E-state index in [0.29, 0.717) is 11.6 Å². The zero-order valence-corrected chi connectivity index (χ0v) is 14.8. The van der Waals surface area contributed by atoms with Crippen LogP contribution in [-0.2, 0) is 0 Å². The van der Waals surface area contributed by atoms with E-state index >= 15 is 0 Å². The maximum absolute atomic E-state index is 5.94. The van der Waals surface area contributed by atoms with Crippen LogP contribution in [0.5, 0.6) is 0 Å². The van der Waals surface area contributed by atoms with Crippen LogP contribution in [-0.4, -0.2) is 32.6 Å². The molecule has 134 valence electrons. The Bertz CT molecular complexity index is 1240. The second-order valence-electron chi connectivity index (χ2n) is 5.96. The van der Waals surface area contributed by atoms with Crippen LogP contribution in [0.15, 0.2) is 60.7 Å². The first-order valence-electron chi connectivity index (χ1n) is 8.75. The van der Waals surface area contributed by atoms with Gasteiger partial charge < -0.3 is 9.68 Å². The molecule has 0 spiro atoms. The van der Waals surface area contributed by atoms with Crippen LogP contribution in [0.3, 0.4) is 0 Å². The lowest BCUT2D eigenvalue weighted by atomic mass is 10.3. The summed E-state index contributed by atoms with van der Waals surface area (Å²) in [6, 6.07) is 15.5. The predicted molar refractivity (Wildman–Crippen MR) is 106 cm³/mol. The number of hydrogen-bond acceptors (Lipinski definition) is 4. The van der Waals surface area contributed by atoms with Gasteiger partial charge >= 0.3 is 0 Å². The average Bonchev–Trinajstić information content (AvgIpc) is 3.27. The van der Waals surface area contributed by atoms with Crippen LogP contribution in [0.4, 0.5) is 0 Å². The van der Waals surface area contributed by atoms with Gasteiger partial charge in [-0.15, -0.1) is 0 Å². The summed E-state index contributed by atoms with van der Waals surface area (Å²) in [6.07, 6.45) is 3.38. The van der Waals surface area contributed by atoms with Crippen molar-refractivity contribution in [3.05, 3.63) is 60.7 Å². The van der Waals surface area contributed by atoms with Crippen LogP contribution in [0, 0.1) is 23.7 Å². The monoisotopic (exact) mass is 366 g/mol. The van der Waals surface area contributed by atoms with Crippen molar-refractivity contribution in [2.75, 3.05) is 13.2 Å². The van der Waals surface area contributed by atoms with Gasteiger partial charge in [0.05, 0.1) is 11.0 Å². The van der Waals surface area contributed by atoms with Gasteiger partial charge in [0.2, 0.25) is 11.6 Å². The van der Waals surface area contributed by atoms with Crippen molar-refractivity contribution in [1.82, 2.24) is 19.4 Å². The maximum atomic E-state index is 5.94. The first-order chi connectivity index (χ1) is 13.9. The fourth-order valence-corrected chi connectivity index (χ4v) is 3.03. The molecule has 0 aliphatic carbocycles. The van der Waals surface area contributed by atoms with Crippen molar-refractivity contribution in [3.63, 3.8) is 0 Å². The van der Waals surface area contributed by atoms with Gasteiger partial charge in [0.15, 0.2) is 13.2 Å². The number of hydrogen-bond donors (Lipinski definition) is 0. The van der Waals surface area contributed by atoms with E-state index < -0.39 is 0 Å². The molecule has 0 N–H and O–H groups in total. The van der Waals surface area contributed by atoms with Gasteiger partial charge in [-0.2, -0.15) is 9.46 Å². The Kier molecular flexibility index (Phi) is 3.93. The zero-order chi connectivity index (χ0) is 18.8. The van der Waals surface area contributed by atoms with Crippen molar-refractivity contribution in [2.45, 2.75) is 0 Å². The van der Waals surface area contributed by atoms with Crippen molar-refractivity contribution in [3.8, 4) is 35.3 Å². The second kappa shape index (κ2) is 6.86. The van der Waals surface area contributed by atoms with E-state index in [1.165, 1.54) is 0 Å². The molecule has 0 atom stereocenters. The first-order valence-corrected chi connectivity index (χ1v) is 8.75. The van der Waals surface area contributed by atoms with Crippen molar-refractivity contribution in [1.29, 1.82) is 0 Å². The third-order valence-electron chi connectivity index (χ3n) is 4.22. The van der Waals surface area contributed by atoms with Gasteiger partial charge in [-0.3, -0.25) is 0 Å². The van der Waals surface area contributed by atoms with E-state index in [1.54, 1.807) is 21.6 Å². The summed E-state index contributed by atoms with van der Waals surface area (Å²) in [5.41, 5.74) is 3.27. The first kappa shape index (κ1) is 16.0. The highest BCUT2D eigenvalue weighted by Crippen LogP contribution is 2.26. The van der Waals surface area contributed by atoms with Gasteiger partial charge in [0.1, 0.15) is 11.0 Å². The highest BCUT2D eigenvalue weighted by atomic mass is 16.7. The van der Waals surface area contributed by atoms with E-state index in [9.17, 15) is 0 Å². The molecule has 0 bridgehead atoms. The van der Waals surface area contributed by atoms with Gasteiger partial charge in [-0.1, -0.05) is 47.9 Å². The molecule has 3 heterocycles. The molecule has 2 aromatic heterocycles. The Morgan fingerprint density at radius 1 is 0.679 bits per heavy atom. The predicted octanol–water partition coefficient (Wildman–Crippen LogP) is 2.49. The maximum Gasteiger partial charge on any atom is 0.216 e. The van der Waals surface area contributed by atoms with E-state index in [0.717, 1.165) is 22.1 Å². The standard InChI is InChI=1S/C22H14N4O2/c1-2-4-10-16-28-26-20-14-8-6-12-18(20)24-22(26)21-23-17-11-5-7-13-19(17)25(21)27-15-9-3-1/h1-2,5-8,11-14H,15-16H2/b2-1-. The topological polar surface area (TPSA) is 54.1 Å². The lowest BCUT2D eigenvalue weighted by Gasteiger charge is -2.11. The fraction of sp³-hybridized carbons (Fsp3) is 0.0909. The third kappa shape index (κ3) is 2.74. The number of aromatic nitrogens is 4. The van der Waals surface area contributed by atoms with E-state index in [-0.39, 0.29) is 13.2 Å². The zero-order valence-electron chi connectivity index (χ0n) is 14.8. The highest BCUT2D eigenvalue weighted by Gasteiger charge is 2.21. The molecule has 6 nitrogen and oxygen atoms in total. The van der Waals surface area contributed by atoms with Crippen LogP contribution in [0.1, 0.15) is 0 Å². The minimum absolute atomic E-state index is 0.201. The summed E-state index contributed by atoms with van der Waals surface area (Å²) in [5.74, 6) is 12.8. The molecule has 0 fully saturated rings. The van der Waals surface area contributed by atoms with E-state index in [2.05, 4.69) is 23.7 Å². The quantitative estimate of drug-likeness (QED) is 0.449. The molecule has 0 amide bonds. The Morgan fingerprint density at radius 3 is 1.64 bits per heavy atom. The lowest BCUT2D eigenvalue weighted by molar-refractivity contribution is 0.139. The summed E-state index contributed by atoms with van der Waals surface area (Å²) in [4.78, 5) is 21.4. The molecule has 6 heteroatoms. The molecule has 2 aromatic carbocycles. The molecule has 1 aliphatic rings. The van der Waals surface area contributed by atoms with Crippen LogP contribution in [0.25, 0.3) is 33.7 Å². The molecule has 0 unspecified atom stereocenters. The molecule has 28 heavy (non-hydrogen) atoms. The van der Waals surface area contributed by atoms with E-state index in [1.807, 2.05) is 48.5 Å². The summed E-state index contributed by atoms with van der Waals surface area (Å²) < 4.78 is 3.32. The van der Waals surface area contributed by atoms with Crippen molar-refractivity contribution in [2.24, 2.45) is 0 Å². The Morgan fingerprint density at radius 2 is 1.14 bits per heavy atom. The van der Waals surface area contributed by atoms with Gasteiger partial charge in [0, 0.05) is 0 Å². The Hall–Kier alpha value is -4.16. The number of imidazole rings is 2. The molecular weight excluding hydrogens is 352 g/mol. The SMILES string of the molecule is C1#CCOn2c(nc3ccccc32)-c2nc3ccccc3n2OCC#C/C=C\1. The summed E-state index contributed by atoms with van der Waals surface area (Å²) in [5, 5.41) is 0. The number of fused-ring (bicyclic) bond motifs is 7. The molecule has 1 aliphatic heterocycles. The highest BCUT2D eigenvalue weighted by molar-refractivity contribution is 5.83. The van der Waals surface area contributed by atoms with Gasteiger partial charge in [-0.25, -0.2) is 9.97 Å². The number of allylic oxidation sites excluding steroid dienone is 2. The normalized spacial score (nSPS) is 14.3. The smallest absolute Gasteiger partial charge is 0.216 e. The molecule has 4 aromatic rings. The lowest BCUT2D eigenvalue weighted by Crippen LogP contribution is -2.18. The molecule has 0 saturated carbocycles. The Labute approximate surface area is 160 Å². The molecular formula is C22H14N4O2.